The second-order valence-electron chi connectivity index (χ2n) is 0.513. The Morgan fingerprint density at radius 1 is 0.900 bits per heavy atom. The molecular formula is H11Ca4O4PY. The largest absolute Gasteiger partial charge is 2.00 e. The summed E-state index contributed by atoms with van der Waals surface area (Å²) in [4.78, 5) is 21.6. The van der Waals surface area contributed by atoms with Crippen molar-refractivity contribution in [2.75, 3.05) is 0 Å². The average molecular weight is 355 g/mol. The van der Waals surface area contributed by atoms with Crippen molar-refractivity contribution in [1.82, 2.24) is 0 Å². The molecule has 0 heterocycles. The summed E-state index contributed by atoms with van der Waals surface area (Å²) >= 11 is 0. The van der Waals surface area contributed by atoms with Crippen LogP contribution in [0, 0.1) is 0 Å². The van der Waals surface area contributed by atoms with Gasteiger partial charge in [-0.25, -0.2) is 4.57 Å². The third-order valence-electron chi connectivity index (χ3n) is 0. The van der Waals surface area contributed by atoms with Crippen LogP contribution in [0.5, 0.6) is 0 Å². The average Bonchev–Trinajstić information content (AvgIpc) is 0.722. The van der Waals surface area contributed by atoms with Crippen LogP contribution in [0.3, 0.4) is 0 Å². The molecule has 0 aliphatic carbocycles. The SMILES string of the molecule is O=P(O)(O)O.[Ca+2].[Ca+2].[Ca+2].[Ca+2].[H-].[H-].[H-].[H-].[H-].[H-].[H-].[H-].[Y]. The van der Waals surface area contributed by atoms with Crippen molar-refractivity contribution in [3.05, 3.63) is 0 Å². The predicted octanol–water partition coefficient (Wildman–Crippen LogP) is -1.55. The van der Waals surface area contributed by atoms with Gasteiger partial charge in [0.1, 0.15) is 0 Å². The van der Waals surface area contributed by atoms with E-state index in [2.05, 4.69) is 0 Å². The zero-order valence-corrected chi connectivity index (χ0v) is 18.2. The van der Waals surface area contributed by atoms with Crippen molar-refractivity contribution in [3.63, 3.8) is 0 Å². The van der Waals surface area contributed by atoms with Crippen LogP contribution in [-0.4, -0.2) is 166 Å². The van der Waals surface area contributed by atoms with Crippen LogP contribution in [0.15, 0.2) is 0 Å². The summed E-state index contributed by atoms with van der Waals surface area (Å²) < 4.78 is 8.88. The molecule has 0 aromatic rings. The molecule has 0 aromatic heterocycles. The molecule has 0 rings (SSSR count). The number of phosphoric acid groups is 1. The summed E-state index contributed by atoms with van der Waals surface area (Å²) in [7, 11) is -4.64. The van der Waals surface area contributed by atoms with E-state index in [0.717, 1.165) is 0 Å². The minimum absolute atomic E-state index is 0. The Morgan fingerprint density at radius 3 is 0.900 bits per heavy atom. The van der Waals surface area contributed by atoms with Gasteiger partial charge in [-0.1, -0.05) is 0 Å². The minimum atomic E-state index is -4.64. The number of hydrogen-bond donors (Lipinski definition) is 3. The number of rotatable bonds is 0. The third kappa shape index (κ3) is 64.0. The van der Waals surface area contributed by atoms with E-state index in [1.54, 1.807) is 0 Å². The van der Waals surface area contributed by atoms with Crippen molar-refractivity contribution in [2.24, 2.45) is 0 Å². The summed E-state index contributed by atoms with van der Waals surface area (Å²) in [6, 6.07) is 0. The fourth-order valence-electron chi connectivity index (χ4n) is 0. The predicted molar refractivity (Wildman–Crippen MR) is 46.2 cm³/mol. The van der Waals surface area contributed by atoms with E-state index in [1.165, 1.54) is 0 Å². The second kappa shape index (κ2) is 20.6. The summed E-state index contributed by atoms with van der Waals surface area (Å²) in [5, 5.41) is 0. The van der Waals surface area contributed by atoms with Crippen molar-refractivity contribution in [3.8, 4) is 0 Å². The zero-order valence-electron chi connectivity index (χ0n) is 13.6. The van der Waals surface area contributed by atoms with Crippen molar-refractivity contribution < 1.29 is 63.4 Å². The molecule has 1 radical (unpaired) electrons. The van der Waals surface area contributed by atoms with Gasteiger partial charge in [0.2, 0.25) is 0 Å². The first kappa shape index (κ1) is 36.0. The Morgan fingerprint density at radius 2 is 0.900 bits per heavy atom. The molecule has 0 atom stereocenters. The number of hydrogen-bond acceptors (Lipinski definition) is 1. The molecule has 3 N–H and O–H groups in total. The molecule has 0 aliphatic heterocycles. The van der Waals surface area contributed by atoms with Gasteiger partial charge in [0, 0.05) is 32.7 Å². The minimum Gasteiger partial charge on any atom is -1.00 e. The topological polar surface area (TPSA) is 77.8 Å². The van der Waals surface area contributed by atoms with Crippen LogP contribution in [0.25, 0.3) is 0 Å². The zero-order chi connectivity index (χ0) is 4.50. The maximum absolute atomic E-state index is 8.88. The molecule has 0 unspecified atom stereocenters. The van der Waals surface area contributed by atoms with Crippen LogP contribution in [0.1, 0.15) is 11.4 Å². The molecular weight excluding hydrogens is 344 g/mol. The van der Waals surface area contributed by atoms with Crippen LogP contribution in [0.2, 0.25) is 0 Å². The molecule has 10 heteroatoms. The van der Waals surface area contributed by atoms with Crippen LogP contribution in [-0.2, 0) is 37.3 Å². The molecule has 0 aliphatic rings. The summed E-state index contributed by atoms with van der Waals surface area (Å²) in [6.07, 6.45) is 0. The summed E-state index contributed by atoms with van der Waals surface area (Å²) in [5.41, 5.74) is 0. The Kier molecular flexibility index (Phi) is 74.2. The standard InChI is InChI=1S/4Ca.H3O4P.Y.8H/c;;;;1-5(2,3)4;;;;;;;;;/h;;;;(H3,1,2,3,4);;;;;;;;;/q4*+2;;;8*-1. The van der Waals surface area contributed by atoms with E-state index in [9.17, 15) is 0 Å². The van der Waals surface area contributed by atoms with Gasteiger partial charge < -0.3 is 26.1 Å². The van der Waals surface area contributed by atoms with E-state index >= 15 is 0 Å². The molecule has 0 spiro atoms. The second-order valence-corrected chi connectivity index (χ2v) is 1.54. The van der Waals surface area contributed by atoms with Gasteiger partial charge in [0.05, 0.1) is 0 Å². The van der Waals surface area contributed by atoms with Gasteiger partial charge in [-0.15, -0.1) is 0 Å². The van der Waals surface area contributed by atoms with Crippen molar-refractivity contribution in [1.29, 1.82) is 0 Å². The monoisotopic (exact) mass is 355 g/mol. The van der Waals surface area contributed by atoms with E-state index in [-0.39, 0.29) is 195 Å². The molecule has 0 saturated carbocycles. The molecule has 0 saturated heterocycles. The fourth-order valence-corrected chi connectivity index (χ4v) is 0. The Labute approximate surface area is 216 Å². The third-order valence-corrected chi connectivity index (χ3v) is 0. The Balaban J connectivity index is -0.00000000103. The van der Waals surface area contributed by atoms with Gasteiger partial charge in [-0.2, -0.15) is 0 Å². The molecule has 0 bridgehead atoms. The van der Waals surface area contributed by atoms with Gasteiger partial charge in [-0.05, 0) is 0 Å². The molecule has 0 amide bonds. The smallest absolute Gasteiger partial charge is 1.00 e. The van der Waals surface area contributed by atoms with Crippen molar-refractivity contribution in [2.45, 2.75) is 0 Å². The molecule has 4 nitrogen and oxygen atoms in total. The Bertz CT molecular complexity index is 81.2. The summed E-state index contributed by atoms with van der Waals surface area (Å²) in [6.45, 7) is 0. The molecule has 51 valence electrons. The van der Waals surface area contributed by atoms with Crippen LogP contribution in [0.4, 0.5) is 0 Å². The fraction of sp³-hybridized carbons (Fsp3) is 0. The summed E-state index contributed by atoms with van der Waals surface area (Å²) in [5.74, 6) is 0. The molecule has 0 aromatic carbocycles. The first-order chi connectivity index (χ1) is 2.00. The van der Waals surface area contributed by atoms with Crippen LogP contribution >= 0.6 is 7.82 Å². The molecule has 10 heavy (non-hydrogen) atoms. The van der Waals surface area contributed by atoms with Gasteiger partial charge >= 0.3 is 159 Å². The molecule has 0 fully saturated rings. The van der Waals surface area contributed by atoms with Gasteiger partial charge in [0.15, 0.2) is 0 Å². The van der Waals surface area contributed by atoms with E-state index in [4.69, 9.17) is 19.2 Å². The van der Waals surface area contributed by atoms with E-state index in [0.29, 0.717) is 0 Å². The first-order valence-electron chi connectivity index (χ1n) is 0.783. The quantitative estimate of drug-likeness (QED) is 0.363. The van der Waals surface area contributed by atoms with Crippen LogP contribution < -0.4 is 0 Å². The van der Waals surface area contributed by atoms with E-state index in [1.807, 2.05) is 0 Å². The van der Waals surface area contributed by atoms with E-state index < -0.39 is 7.82 Å². The van der Waals surface area contributed by atoms with Gasteiger partial charge in [-0.3, -0.25) is 0 Å². The normalized spacial score (nSPS) is 5.90. The first-order valence-corrected chi connectivity index (χ1v) is 2.35. The maximum atomic E-state index is 8.88. The maximum Gasteiger partial charge on any atom is 2.00 e. The Hall–Kier alpha value is 6.25. The van der Waals surface area contributed by atoms with Crippen molar-refractivity contribution >= 4 is 159 Å². The van der Waals surface area contributed by atoms with Gasteiger partial charge in [0.25, 0.3) is 0 Å².